The highest BCUT2D eigenvalue weighted by Gasteiger charge is 2.36. The van der Waals surface area contributed by atoms with Crippen LogP contribution in [0.15, 0.2) is 24.3 Å². The summed E-state index contributed by atoms with van der Waals surface area (Å²) in [6.07, 6.45) is 0.147. The highest BCUT2D eigenvalue weighted by atomic mass is 19.1. The van der Waals surface area contributed by atoms with Crippen LogP contribution < -0.4 is 5.32 Å². The Bertz CT molecular complexity index is 535. The number of benzene rings is 1. The number of para-hydroxylation sites is 1. The molecule has 2 amide bonds. The van der Waals surface area contributed by atoms with Crippen molar-refractivity contribution in [1.82, 2.24) is 4.90 Å². The van der Waals surface area contributed by atoms with E-state index in [-0.39, 0.29) is 30.0 Å². The quantitative estimate of drug-likeness (QED) is 0.898. The topological polar surface area (TPSA) is 58.6 Å². The molecule has 0 aromatic heterocycles. The molecule has 1 N–H and O–H groups in total. The predicted octanol–water partition coefficient (Wildman–Crippen LogP) is 1.65. The van der Waals surface area contributed by atoms with Gasteiger partial charge in [-0.15, -0.1) is 0 Å². The molecule has 0 saturated carbocycles. The fraction of sp³-hybridized carbons (Fsp3) is 0.467. The van der Waals surface area contributed by atoms with Gasteiger partial charge in [0.15, 0.2) is 0 Å². The molecule has 21 heavy (non-hydrogen) atoms. The van der Waals surface area contributed by atoms with E-state index in [0.29, 0.717) is 13.2 Å². The minimum Gasteiger partial charge on any atom is -0.383 e. The van der Waals surface area contributed by atoms with Gasteiger partial charge in [0.1, 0.15) is 5.82 Å². The fourth-order valence-electron chi connectivity index (χ4n) is 2.46. The van der Waals surface area contributed by atoms with Crippen molar-refractivity contribution in [2.75, 3.05) is 25.6 Å². The van der Waals surface area contributed by atoms with Crippen molar-refractivity contribution in [3.05, 3.63) is 30.1 Å². The molecule has 1 saturated heterocycles. The zero-order valence-electron chi connectivity index (χ0n) is 12.1. The standard InChI is InChI=1S/C15H19FN2O3/c1-10(9-21-2)18-8-11(7-14(18)19)15(20)17-13-6-4-3-5-12(13)16/h3-6,10-11H,7-9H2,1-2H3,(H,17,20)/t10-,11-/m0/s1. The van der Waals surface area contributed by atoms with Crippen LogP contribution in [0.5, 0.6) is 0 Å². The van der Waals surface area contributed by atoms with Crippen LogP contribution in [0.2, 0.25) is 0 Å². The van der Waals surface area contributed by atoms with E-state index in [1.807, 2.05) is 6.92 Å². The second-order valence-electron chi connectivity index (χ2n) is 5.22. The molecular weight excluding hydrogens is 275 g/mol. The van der Waals surface area contributed by atoms with Gasteiger partial charge in [-0.3, -0.25) is 9.59 Å². The van der Waals surface area contributed by atoms with Crippen LogP contribution in [-0.4, -0.2) is 43.0 Å². The second kappa shape index (κ2) is 6.67. The summed E-state index contributed by atoms with van der Waals surface area (Å²) in [5.74, 6) is -1.36. The molecule has 6 heteroatoms. The number of ether oxygens (including phenoxy) is 1. The van der Waals surface area contributed by atoms with Crippen LogP contribution in [0, 0.1) is 11.7 Å². The third kappa shape index (κ3) is 3.58. The number of rotatable bonds is 5. The number of halogens is 1. The highest BCUT2D eigenvalue weighted by molar-refractivity contribution is 5.97. The van der Waals surface area contributed by atoms with E-state index in [2.05, 4.69) is 5.32 Å². The smallest absolute Gasteiger partial charge is 0.229 e. The van der Waals surface area contributed by atoms with E-state index in [9.17, 15) is 14.0 Å². The minimum atomic E-state index is -0.486. The lowest BCUT2D eigenvalue weighted by molar-refractivity contribution is -0.130. The minimum absolute atomic E-state index is 0.0752. The molecule has 1 aliphatic rings. The number of anilines is 1. The van der Waals surface area contributed by atoms with Gasteiger partial charge < -0.3 is 15.0 Å². The van der Waals surface area contributed by atoms with Crippen molar-refractivity contribution in [2.24, 2.45) is 5.92 Å². The van der Waals surface area contributed by atoms with E-state index in [4.69, 9.17) is 4.74 Å². The summed E-state index contributed by atoms with van der Waals surface area (Å²) in [6.45, 7) is 2.63. The van der Waals surface area contributed by atoms with E-state index >= 15 is 0 Å². The number of nitrogens with zero attached hydrogens (tertiary/aromatic N) is 1. The Morgan fingerprint density at radius 3 is 2.90 bits per heavy atom. The molecule has 1 fully saturated rings. The maximum absolute atomic E-state index is 13.5. The zero-order valence-corrected chi connectivity index (χ0v) is 12.1. The average Bonchev–Trinajstić information content (AvgIpc) is 2.84. The van der Waals surface area contributed by atoms with Gasteiger partial charge in [-0.05, 0) is 19.1 Å². The fourth-order valence-corrected chi connectivity index (χ4v) is 2.46. The van der Waals surface area contributed by atoms with E-state index in [0.717, 1.165) is 0 Å². The van der Waals surface area contributed by atoms with E-state index in [1.165, 1.54) is 12.1 Å². The molecule has 0 unspecified atom stereocenters. The van der Waals surface area contributed by atoms with Crippen molar-refractivity contribution in [1.29, 1.82) is 0 Å². The predicted molar refractivity (Wildman–Crippen MR) is 76.2 cm³/mol. The van der Waals surface area contributed by atoms with Gasteiger partial charge in [-0.2, -0.15) is 0 Å². The van der Waals surface area contributed by atoms with Crippen LogP contribution >= 0.6 is 0 Å². The summed E-state index contributed by atoms with van der Waals surface area (Å²) in [7, 11) is 1.57. The molecule has 1 aromatic carbocycles. The summed E-state index contributed by atoms with van der Waals surface area (Å²) >= 11 is 0. The number of likely N-dealkylation sites (tertiary alicyclic amines) is 1. The molecule has 1 aliphatic heterocycles. The molecule has 0 radical (unpaired) electrons. The first-order valence-electron chi connectivity index (χ1n) is 6.86. The third-order valence-electron chi connectivity index (χ3n) is 3.60. The van der Waals surface area contributed by atoms with Gasteiger partial charge >= 0.3 is 0 Å². The Balaban J connectivity index is 1.99. The Labute approximate surface area is 123 Å². The lowest BCUT2D eigenvalue weighted by Gasteiger charge is -2.23. The van der Waals surface area contributed by atoms with Gasteiger partial charge in [0, 0.05) is 20.1 Å². The summed E-state index contributed by atoms with van der Waals surface area (Å²) in [4.78, 5) is 25.7. The number of amides is 2. The van der Waals surface area contributed by atoms with Crippen molar-refractivity contribution in [3.63, 3.8) is 0 Å². The first kappa shape index (κ1) is 15.4. The van der Waals surface area contributed by atoms with Crippen LogP contribution in [0.25, 0.3) is 0 Å². The lowest BCUT2D eigenvalue weighted by Crippen LogP contribution is -2.38. The van der Waals surface area contributed by atoms with Gasteiger partial charge in [0.05, 0.1) is 24.3 Å². The van der Waals surface area contributed by atoms with Crippen LogP contribution in [-0.2, 0) is 14.3 Å². The van der Waals surface area contributed by atoms with Gasteiger partial charge in [0.2, 0.25) is 11.8 Å². The number of methoxy groups -OCH3 is 1. The number of carbonyl (C=O) groups is 2. The summed E-state index contributed by atoms with van der Waals surface area (Å²) in [5.41, 5.74) is 0.137. The average molecular weight is 294 g/mol. The molecule has 1 heterocycles. The normalized spacial score (nSPS) is 19.7. The van der Waals surface area contributed by atoms with E-state index < -0.39 is 11.7 Å². The molecule has 0 aliphatic carbocycles. The van der Waals surface area contributed by atoms with Crippen LogP contribution in [0.3, 0.4) is 0 Å². The first-order chi connectivity index (χ1) is 10.0. The Kier molecular flexibility index (Phi) is 4.90. The summed E-state index contributed by atoms with van der Waals surface area (Å²) < 4.78 is 18.5. The number of hydrogen-bond acceptors (Lipinski definition) is 3. The number of carbonyl (C=O) groups excluding carboxylic acids is 2. The lowest BCUT2D eigenvalue weighted by atomic mass is 10.1. The number of hydrogen-bond donors (Lipinski definition) is 1. The molecule has 2 atom stereocenters. The van der Waals surface area contributed by atoms with Crippen molar-refractivity contribution in [3.8, 4) is 0 Å². The second-order valence-corrected chi connectivity index (χ2v) is 5.22. The molecular formula is C15H19FN2O3. The van der Waals surface area contributed by atoms with Gasteiger partial charge in [0.25, 0.3) is 0 Å². The monoisotopic (exact) mass is 294 g/mol. The molecule has 0 bridgehead atoms. The maximum Gasteiger partial charge on any atom is 0.229 e. The summed E-state index contributed by atoms with van der Waals surface area (Å²) in [6, 6.07) is 5.90. The largest absolute Gasteiger partial charge is 0.383 e. The Morgan fingerprint density at radius 1 is 1.52 bits per heavy atom. The zero-order chi connectivity index (χ0) is 15.4. The Morgan fingerprint density at radius 2 is 2.24 bits per heavy atom. The maximum atomic E-state index is 13.5. The highest BCUT2D eigenvalue weighted by Crippen LogP contribution is 2.22. The van der Waals surface area contributed by atoms with E-state index in [1.54, 1.807) is 24.1 Å². The first-order valence-corrected chi connectivity index (χ1v) is 6.86. The van der Waals surface area contributed by atoms with Crippen LogP contribution in [0.1, 0.15) is 13.3 Å². The molecule has 5 nitrogen and oxygen atoms in total. The van der Waals surface area contributed by atoms with Crippen LogP contribution in [0.4, 0.5) is 10.1 Å². The summed E-state index contributed by atoms with van der Waals surface area (Å²) in [5, 5.41) is 2.54. The molecule has 114 valence electrons. The van der Waals surface area contributed by atoms with Gasteiger partial charge in [-0.25, -0.2) is 4.39 Å². The Hall–Kier alpha value is -1.95. The molecule has 1 aromatic rings. The van der Waals surface area contributed by atoms with Crippen molar-refractivity contribution >= 4 is 17.5 Å². The SMILES string of the molecule is COC[C@H](C)N1C[C@@H](C(=O)Nc2ccccc2F)CC1=O. The molecule has 2 rings (SSSR count). The van der Waals surface area contributed by atoms with Crippen molar-refractivity contribution < 1.29 is 18.7 Å². The third-order valence-corrected chi connectivity index (χ3v) is 3.60. The van der Waals surface area contributed by atoms with Crippen molar-refractivity contribution in [2.45, 2.75) is 19.4 Å². The van der Waals surface area contributed by atoms with Gasteiger partial charge in [-0.1, -0.05) is 12.1 Å². The molecule has 0 spiro atoms. The number of nitrogens with one attached hydrogen (secondary N) is 1.